The third kappa shape index (κ3) is 6.82. The molecule has 0 aliphatic carbocycles. The van der Waals surface area contributed by atoms with Gasteiger partial charge in [-0.15, -0.1) is 0 Å². The SMILES string of the molecule is CCCC(CC)O[PH2]=O.[Cu]. The van der Waals surface area contributed by atoms with Gasteiger partial charge in [-0.05, 0) is 12.8 Å². The van der Waals surface area contributed by atoms with E-state index in [0.29, 0.717) is 0 Å². The first-order valence-corrected chi connectivity index (χ1v) is 4.38. The summed E-state index contributed by atoms with van der Waals surface area (Å²) in [6.07, 6.45) is 3.36. The van der Waals surface area contributed by atoms with Crippen LogP contribution in [0.2, 0.25) is 0 Å². The molecule has 4 heteroatoms. The van der Waals surface area contributed by atoms with Crippen molar-refractivity contribution in [3.05, 3.63) is 0 Å². The van der Waals surface area contributed by atoms with Crippen LogP contribution < -0.4 is 0 Å². The van der Waals surface area contributed by atoms with E-state index in [0.717, 1.165) is 19.3 Å². The van der Waals surface area contributed by atoms with Crippen LogP contribution in [-0.4, -0.2) is 6.10 Å². The molecule has 0 saturated heterocycles. The molecular weight excluding hydrogens is 199 g/mol. The molecule has 10 heavy (non-hydrogen) atoms. The fourth-order valence-corrected chi connectivity index (χ4v) is 1.25. The molecule has 0 aromatic rings. The van der Waals surface area contributed by atoms with Gasteiger partial charge in [0.1, 0.15) is 0 Å². The van der Waals surface area contributed by atoms with E-state index in [1.807, 2.05) is 0 Å². The predicted octanol–water partition coefficient (Wildman–Crippen LogP) is 2.25. The molecule has 0 amide bonds. The quantitative estimate of drug-likeness (QED) is 0.517. The second kappa shape index (κ2) is 9.71. The van der Waals surface area contributed by atoms with Gasteiger partial charge in [0, 0.05) is 17.1 Å². The van der Waals surface area contributed by atoms with Crippen molar-refractivity contribution < 1.29 is 26.2 Å². The second-order valence-corrected chi connectivity index (χ2v) is 2.52. The summed E-state index contributed by atoms with van der Waals surface area (Å²) < 4.78 is 15.0. The summed E-state index contributed by atoms with van der Waals surface area (Å²) in [7, 11) is -1.01. The summed E-state index contributed by atoms with van der Waals surface area (Å²) in [4.78, 5) is 0. The molecule has 0 fully saturated rings. The molecule has 2 atom stereocenters. The van der Waals surface area contributed by atoms with Gasteiger partial charge in [-0.3, -0.25) is 4.57 Å². The van der Waals surface area contributed by atoms with Crippen molar-refractivity contribution in [1.82, 2.24) is 0 Å². The monoisotopic (exact) mass is 213 g/mol. The number of hydrogen-bond donors (Lipinski definition) is 0. The van der Waals surface area contributed by atoms with E-state index >= 15 is 0 Å². The van der Waals surface area contributed by atoms with Gasteiger partial charge in [0.15, 0.2) is 8.69 Å². The Morgan fingerprint density at radius 2 is 2.10 bits per heavy atom. The normalized spacial score (nSPS) is 13.4. The van der Waals surface area contributed by atoms with Crippen LogP contribution in [0.5, 0.6) is 0 Å². The predicted molar refractivity (Wildman–Crippen MR) is 40.5 cm³/mol. The Labute approximate surface area is 74.5 Å². The molecule has 0 aromatic carbocycles. The van der Waals surface area contributed by atoms with E-state index in [-0.39, 0.29) is 23.2 Å². The molecule has 0 saturated carbocycles. The molecule has 0 N–H and O–H groups in total. The first kappa shape index (κ1) is 13.3. The van der Waals surface area contributed by atoms with Crippen LogP contribution in [-0.2, 0) is 26.2 Å². The third-order valence-corrected chi connectivity index (χ3v) is 1.81. The zero-order valence-corrected chi connectivity index (χ0v) is 8.49. The summed E-state index contributed by atoms with van der Waals surface area (Å²) in [5.74, 6) is 0. The number of rotatable bonds is 5. The van der Waals surface area contributed by atoms with Crippen LogP contribution in [0, 0.1) is 0 Å². The molecule has 0 spiro atoms. The van der Waals surface area contributed by atoms with E-state index in [2.05, 4.69) is 13.8 Å². The van der Waals surface area contributed by atoms with E-state index < -0.39 is 8.69 Å². The van der Waals surface area contributed by atoms with Gasteiger partial charge in [0.05, 0.1) is 6.10 Å². The van der Waals surface area contributed by atoms with Crippen LogP contribution in [0.3, 0.4) is 0 Å². The Balaban J connectivity index is 0. The number of hydrogen-bond acceptors (Lipinski definition) is 2. The van der Waals surface area contributed by atoms with Crippen molar-refractivity contribution in [2.45, 2.75) is 39.2 Å². The van der Waals surface area contributed by atoms with E-state index in [1.165, 1.54) is 0 Å². The Morgan fingerprint density at radius 3 is 2.40 bits per heavy atom. The molecule has 67 valence electrons. The summed E-state index contributed by atoms with van der Waals surface area (Å²) in [6.45, 7) is 4.15. The van der Waals surface area contributed by atoms with Crippen molar-refractivity contribution in [3.8, 4) is 0 Å². The average molecular weight is 214 g/mol. The average Bonchev–Trinajstić information content (AvgIpc) is 1.88. The Bertz CT molecular complexity index is 80.1. The van der Waals surface area contributed by atoms with Crippen LogP contribution in [0.4, 0.5) is 0 Å². The minimum Gasteiger partial charge on any atom is -0.329 e. The topological polar surface area (TPSA) is 26.3 Å². The van der Waals surface area contributed by atoms with Crippen LogP contribution >= 0.6 is 8.69 Å². The molecule has 0 rings (SSSR count). The molecule has 2 unspecified atom stereocenters. The Hall–Kier alpha value is 0.709. The second-order valence-electron chi connectivity index (χ2n) is 2.05. The van der Waals surface area contributed by atoms with E-state index in [1.54, 1.807) is 0 Å². The van der Waals surface area contributed by atoms with Crippen molar-refractivity contribution >= 4 is 8.69 Å². The summed E-state index contributed by atoms with van der Waals surface area (Å²) in [6, 6.07) is 0. The Morgan fingerprint density at radius 1 is 1.50 bits per heavy atom. The van der Waals surface area contributed by atoms with Gasteiger partial charge in [-0.1, -0.05) is 20.3 Å². The molecular formula is C6H15CuO2P. The van der Waals surface area contributed by atoms with Gasteiger partial charge in [-0.2, -0.15) is 0 Å². The van der Waals surface area contributed by atoms with Crippen LogP contribution in [0.15, 0.2) is 0 Å². The maximum absolute atomic E-state index is 10.0. The summed E-state index contributed by atoms with van der Waals surface area (Å²) in [5, 5.41) is 0. The van der Waals surface area contributed by atoms with Gasteiger partial charge < -0.3 is 4.52 Å². The van der Waals surface area contributed by atoms with Gasteiger partial charge in [0.25, 0.3) is 0 Å². The molecule has 1 radical (unpaired) electrons. The first-order valence-electron chi connectivity index (χ1n) is 3.44. The zero-order valence-electron chi connectivity index (χ0n) is 6.39. The molecule has 0 aliphatic heterocycles. The zero-order chi connectivity index (χ0) is 7.11. The van der Waals surface area contributed by atoms with Crippen molar-refractivity contribution in [3.63, 3.8) is 0 Å². The van der Waals surface area contributed by atoms with Crippen molar-refractivity contribution in [2.75, 3.05) is 0 Å². The first-order chi connectivity index (χ1) is 4.35. The van der Waals surface area contributed by atoms with Crippen molar-refractivity contribution in [2.24, 2.45) is 0 Å². The fraction of sp³-hybridized carbons (Fsp3) is 1.00. The molecule has 0 aromatic heterocycles. The van der Waals surface area contributed by atoms with E-state index in [4.69, 9.17) is 4.52 Å². The molecule has 2 nitrogen and oxygen atoms in total. The fourth-order valence-electron chi connectivity index (χ4n) is 0.769. The van der Waals surface area contributed by atoms with Gasteiger partial charge in [0.2, 0.25) is 0 Å². The maximum Gasteiger partial charge on any atom is 0.180 e. The van der Waals surface area contributed by atoms with Crippen LogP contribution in [0.1, 0.15) is 33.1 Å². The minimum atomic E-state index is -1.01. The van der Waals surface area contributed by atoms with Gasteiger partial charge in [-0.25, -0.2) is 0 Å². The summed E-state index contributed by atoms with van der Waals surface area (Å²) >= 11 is 0. The largest absolute Gasteiger partial charge is 0.329 e. The Kier molecular flexibility index (Phi) is 12.9. The van der Waals surface area contributed by atoms with Crippen molar-refractivity contribution in [1.29, 1.82) is 0 Å². The molecule has 0 heterocycles. The minimum absolute atomic E-state index is 0. The summed E-state index contributed by atoms with van der Waals surface area (Å²) in [5.41, 5.74) is 0. The molecule has 0 bridgehead atoms. The standard InChI is InChI=1S/C6H15O2P.Cu/c1-3-5-6(4-2)8-9-7;/h6H,3-5,9H2,1-2H3;. The molecule has 0 aliphatic rings. The third-order valence-electron chi connectivity index (χ3n) is 1.31. The smallest absolute Gasteiger partial charge is 0.180 e. The maximum atomic E-state index is 10.0. The van der Waals surface area contributed by atoms with E-state index in [9.17, 15) is 4.57 Å². The van der Waals surface area contributed by atoms with Gasteiger partial charge >= 0.3 is 0 Å². The van der Waals surface area contributed by atoms with Crippen LogP contribution in [0.25, 0.3) is 0 Å².